The molecule has 112 valence electrons. The third-order valence-electron chi connectivity index (χ3n) is 4.78. The van der Waals surface area contributed by atoms with Gasteiger partial charge in [-0.3, -0.25) is 14.7 Å². The Kier molecular flexibility index (Phi) is 2.78. The number of amides is 2. The molecule has 3 heterocycles. The molecule has 7 heteroatoms. The highest BCUT2D eigenvalue weighted by molar-refractivity contribution is 5.95. The molecule has 0 radical (unpaired) electrons. The molecule has 3 aliphatic rings. The molecular weight excluding hydrogens is 270 g/mol. The van der Waals surface area contributed by atoms with Gasteiger partial charge in [-0.2, -0.15) is 5.10 Å². The fourth-order valence-corrected chi connectivity index (χ4v) is 3.46. The van der Waals surface area contributed by atoms with Crippen molar-refractivity contribution in [1.29, 1.82) is 0 Å². The van der Waals surface area contributed by atoms with Gasteiger partial charge in [0.2, 0.25) is 5.91 Å². The summed E-state index contributed by atoms with van der Waals surface area (Å²) in [7, 11) is 0. The molecule has 1 aromatic rings. The molecule has 2 aliphatic heterocycles. The van der Waals surface area contributed by atoms with Crippen molar-refractivity contribution in [3.63, 3.8) is 0 Å². The van der Waals surface area contributed by atoms with Crippen molar-refractivity contribution in [3.05, 3.63) is 17.5 Å². The van der Waals surface area contributed by atoms with E-state index in [1.807, 2.05) is 9.80 Å². The highest BCUT2D eigenvalue weighted by Gasteiger charge is 2.42. The van der Waals surface area contributed by atoms with Crippen molar-refractivity contribution < 1.29 is 9.59 Å². The van der Waals surface area contributed by atoms with Gasteiger partial charge in [0.05, 0.1) is 29.5 Å². The van der Waals surface area contributed by atoms with E-state index in [2.05, 4.69) is 10.2 Å². The molecule has 7 nitrogen and oxygen atoms in total. The number of nitrogens with one attached hydrogen (secondary N) is 1. The van der Waals surface area contributed by atoms with Crippen molar-refractivity contribution in [2.75, 3.05) is 19.6 Å². The molecule has 2 saturated heterocycles. The molecule has 0 spiro atoms. The van der Waals surface area contributed by atoms with Crippen molar-refractivity contribution in [1.82, 2.24) is 20.0 Å². The summed E-state index contributed by atoms with van der Waals surface area (Å²) < 4.78 is 0. The van der Waals surface area contributed by atoms with Gasteiger partial charge in [-0.1, -0.05) is 0 Å². The number of piperazine rings is 1. The maximum absolute atomic E-state index is 12.7. The molecular formula is C14H19N5O2. The highest BCUT2D eigenvalue weighted by Crippen LogP contribution is 2.40. The van der Waals surface area contributed by atoms with Gasteiger partial charge in [-0.15, -0.1) is 0 Å². The van der Waals surface area contributed by atoms with Gasteiger partial charge in [-0.25, -0.2) is 0 Å². The molecule has 0 aromatic carbocycles. The van der Waals surface area contributed by atoms with E-state index >= 15 is 0 Å². The second-order valence-corrected chi connectivity index (χ2v) is 6.25. The highest BCUT2D eigenvalue weighted by atomic mass is 16.2. The van der Waals surface area contributed by atoms with Crippen molar-refractivity contribution in [2.24, 2.45) is 5.73 Å². The summed E-state index contributed by atoms with van der Waals surface area (Å²) in [5.74, 6) is 0.515. The Morgan fingerprint density at radius 2 is 2.19 bits per heavy atom. The van der Waals surface area contributed by atoms with Crippen molar-refractivity contribution in [2.45, 2.75) is 37.3 Å². The normalized spacial score (nSPS) is 28.9. The molecule has 2 atom stereocenters. The van der Waals surface area contributed by atoms with Gasteiger partial charge in [0, 0.05) is 25.6 Å². The van der Waals surface area contributed by atoms with E-state index in [9.17, 15) is 9.59 Å². The molecule has 3 N–H and O–H groups in total. The maximum atomic E-state index is 12.7. The number of fused-ring (bicyclic) bond motifs is 1. The van der Waals surface area contributed by atoms with Crippen LogP contribution in [0.15, 0.2) is 6.20 Å². The van der Waals surface area contributed by atoms with Crippen LogP contribution in [0.3, 0.4) is 0 Å². The standard InChI is InChI=1S/C14H19N5O2/c15-11-5-9-7-18(3-4-19(9)14(11)21)13(20)10-6-16-17-12(10)8-1-2-8/h6,8-9,11H,1-5,7,15H2,(H,16,17). The number of hydrogen-bond acceptors (Lipinski definition) is 4. The van der Waals surface area contributed by atoms with Crippen LogP contribution in [-0.4, -0.2) is 63.5 Å². The number of aromatic nitrogens is 2. The number of H-pyrrole nitrogens is 1. The van der Waals surface area contributed by atoms with E-state index in [4.69, 9.17) is 5.73 Å². The quantitative estimate of drug-likeness (QED) is 0.779. The minimum atomic E-state index is -0.402. The number of aromatic amines is 1. The Labute approximate surface area is 122 Å². The minimum absolute atomic E-state index is 0.0223. The number of hydrogen-bond donors (Lipinski definition) is 2. The molecule has 1 aliphatic carbocycles. The molecule has 0 bridgehead atoms. The number of carbonyl (C=O) groups is 2. The third kappa shape index (κ3) is 2.03. The predicted molar refractivity (Wildman–Crippen MR) is 74.6 cm³/mol. The maximum Gasteiger partial charge on any atom is 0.257 e. The van der Waals surface area contributed by atoms with Crippen LogP contribution in [0.5, 0.6) is 0 Å². The Balaban J connectivity index is 1.51. The number of nitrogens with zero attached hydrogens (tertiary/aromatic N) is 3. The van der Waals surface area contributed by atoms with Crippen LogP contribution in [0, 0.1) is 0 Å². The number of carbonyl (C=O) groups excluding carboxylic acids is 2. The van der Waals surface area contributed by atoms with Crippen LogP contribution in [0.2, 0.25) is 0 Å². The SMILES string of the molecule is NC1CC2CN(C(=O)c3cn[nH]c3C3CC3)CCN2C1=O. The minimum Gasteiger partial charge on any atom is -0.335 e. The van der Waals surface area contributed by atoms with E-state index in [1.54, 1.807) is 6.20 Å². The van der Waals surface area contributed by atoms with Gasteiger partial charge in [-0.05, 0) is 19.3 Å². The van der Waals surface area contributed by atoms with Crippen LogP contribution < -0.4 is 5.73 Å². The summed E-state index contributed by atoms with van der Waals surface area (Å²) in [5, 5.41) is 7.00. The summed E-state index contributed by atoms with van der Waals surface area (Å²) >= 11 is 0. The molecule has 2 unspecified atom stereocenters. The third-order valence-corrected chi connectivity index (χ3v) is 4.78. The van der Waals surface area contributed by atoms with E-state index in [1.165, 1.54) is 0 Å². The Morgan fingerprint density at radius 1 is 1.38 bits per heavy atom. The zero-order valence-electron chi connectivity index (χ0n) is 11.8. The molecule has 3 fully saturated rings. The average Bonchev–Trinajstić information content (AvgIpc) is 3.15. The predicted octanol–water partition coefficient (Wildman–Crippen LogP) is -0.329. The van der Waals surface area contributed by atoms with Crippen molar-refractivity contribution >= 4 is 11.8 Å². The summed E-state index contributed by atoms with van der Waals surface area (Å²) in [4.78, 5) is 28.2. The average molecular weight is 289 g/mol. The molecule has 21 heavy (non-hydrogen) atoms. The first-order chi connectivity index (χ1) is 10.1. The number of rotatable bonds is 2. The zero-order chi connectivity index (χ0) is 14.6. The summed E-state index contributed by atoms with van der Waals surface area (Å²) in [6, 6.07) is -0.331. The summed E-state index contributed by atoms with van der Waals surface area (Å²) in [6.45, 7) is 1.73. The lowest BCUT2D eigenvalue weighted by Gasteiger charge is -2.37. The Morgan fingerprint density at radius 3 is 2.95 bits per heavy atom. The largest absolute Gasteiger partial charge is 0.335 e. The Hall–Kier alpha value is -1.89. The van der Waals surface area contributed by atoms with Crippen LogP contribution in [0.4, 0.5) is 0 Å². The van der Waals surface area contributed by atoms with Gasteiger partial charge in [0.1, 0.15) is 0 Å². The lowest BCUT2D eigenvalue weighted by molar-refractivity contribution is -0.131. The fraction of sp³-hybridized carbons (Fsp3) is 0.643. The van der Waals surface area contributed by atoms with Gasteiger partial charge in [0.25, 0.3) is 5.91 Å². The first-order valence-corrected chi connectivity index (χ1v) is 7.53. The number of nitrogens with two attached hydrogens (primary N) is 1. The van der Waals surface area contributed by atoms with E-state index in [-0.39, 0.29) is 17.9 Å². The van der Waals surface area contributed by atoms with Gasteiger partial charge < -0.3 is 15.5 Å². The van der Waals surface area contributed by atoms with Crippen LogP contribution in [0.25, 0.3) is 0 Å². The second kappa shape index (κ2) is 4.56. The first-order valence-electron chi connectivity index (χ1n) is 7.53. The first kappa shape index (κ1) is 12.8. The van der Waals surface area contributed by atoms with Crippen LogP contribution >= 0.6 is 0 Å². The monoisotopic (exact) mass is 289 g/mol. The molecule has 4 rings (SSSR count). The molecule has 2 amide bonds. The summed E-state index contributed by atoms with van der Waals surface area (Å²) in [5.41, 5.74) is 7.48. The van der Waals surface area contributed by atoms with Crippen LogP contribution in [-0.2, 0) is 4.79 Å². The van der Waals surface area contributed by atoms with Crippen LogP contribution in [0.1, 0.15) is 41.2 Å². The lowest BCUT2D eigenvalue weighted by Crippen LogP contribution is -2.53. The zero-order valence-corrected chi connectivity index (χ0v) is 11.8. The molecule has 1 aromatic heterocycles. The Bertz CT molecular complexity index is 594. The van der Waals surface area contributed by atoms with Gasteiger partial charge >= 0.3 is 0 Å². The molecule has 1 saturated carbocycles. The summed E-state index contributed by atoms with van der Waals surface area (Å²) in [6.07, 6.45) is 4.53. The fourth-order valence-electron chi connectivity index (χ4n) is 3.46. The van der Waals surface area contributed by atoms with Gasteiger partial charge in [0.15, 0.2) is 0 Å². The second-order valence-electron chi connectivity index (χ2n) is 6.25. The van der Waals surface area contributed by atoms with E-state index in [0.29, 0.717) is 37.5 Å². The van der Waals surface area contributed by atoms with E-state index < -0.39 is 6.04 Å². The smallest absolute Gasteiger partial charge is 0.257 e. The lowest BCUT2D eigenvalue weighted by atomic mass is 10.1. The van der Waals surface area contributed by atoms with E-state index in [0.717, 1.165) is 18.5 Å². The topological polar surface area (TPSA) is 95.3 Å². The van der Waals surface area contributed by atoms with Crippen molar-refractivity contribution in [3.8, 4) is 0 Å².